The molecule has 8 heteroatoms. The molecule has 1 aliphatic heterocycles. The third-order valence-corrected chi connectivity index (χ3v) is 6.19. The van der Waals surface area contributed by atoms with Crippen LogP contribution in [0, 0.1) is 0 Å². The molecule has 29 heavy (non-hydrogen) atoms. The summed E-state index contributed by atoms with van der Waals surface area (Å²) in [4.78, 5) is 4.67. The van der Waals surface area contributed by atoms with Gasteiger partial charge in [-0.05, 0) is 30.7 Å². The van der Waals surface area contributed by atoms with E-state index in [0.29, 0.717) is 16.7 Å². The Morgan fingerprint density at radius 3 is 2.90 bits per heavy atom. The number of hydrogen-bond donors (Lipinski definition) is 1. The molecule has 2 aromatic carbocycles. The zero-order valence-electron chi connectivity index (χ0n) is 16.2. The zero-order valence-corrected chi connectivity index (χ0v) is 18.6. The molecule has 0 amide bonds. The van der Waals surface area contributed by atoms with Gasteiger partial charge in [0.25, 0.3) is 0 Å². The molecule has 1 atom stereocenters. The van der Waals surface area contributed by atoms with Crippen molar-refractivity contribution in [2.75, 3.05) is 18.2 Å². The van der Waals surface area contributed by atoms with Crippen LogP contribution in [0.1, 0.15) is 31.6 Å². The van der Waals surface area contributed by atoms with Crippen LogP contribution in [-0.2, 0) is 0 Å². The van der Waals surface area contributed by atoms with E-state index in [0.717, 1.165) is 45.6 Å². The number of fused-ring (bicyclic) bond motifs is 3. The first kappa shape index (κ1) is 20.0. The average molecular weight is 473 g/mol. The van der Waals surface area contributed by atoms with Crippen molar-refractivity contribution in [2.45, 2.75) is 31.1 Å². The number of hydrogen-bond acceptors (Lipinski definition) is 7. The molecule has 0 fully saturated rings. The number of anilines is 1. The molecule has 2 heterocycles. The molecule has 3 aromatic rings. The molecular weight excluding hydrogens is 452 g/mol. The maximum Gasteiger partial charge on any atom is 0.247 e. The molecule has 4 rings (SSSR count). The third-order valence-electron chi connectivity index (χ3n) is 4.55. The molecule has 6 nitrogen and oxygen atoms in total. The first-order valence-electron chi connectivity index (χ1n) is 9.43. The van der Waals surface area contributed by atoms with Crippen LogP contribution in [0.25, 0.3) is 11.3 Å². The summed E-state index contributed by atoms with van der Waals surface area (Å²) in [5.41, 5.74) is 3.36. The van der Waals surface area contributed by atoms with Gasteiger partial charge >= 0.3 is 0 Å². The Morgan fingerprint density at radius 1 is 1.21 bits per heavy atom. The van der Waals surface area contributed by atoms with E-state index in [1.807, 2.05) is 42.5 Å². The van der Waals surface area contributed by atoms with E-state index in [1.54, 1.807) is 18.9 Å². The second-order valence-corrected chi connectivity index (χ2v) is 8.44. The number of rotatable bonds is 6. The number of ether oxygens (including phenoxy) is 2. The van der Waals surface area contributed by atoms with Gasteiger partial charge in [0, 0.05) is 27.0 Å². The van der Waals surface area contributed by atoms with Gasteiger partial charge < -0.3 is 14.8 Å². The minimum atomic E-state index is -0.466. The Morgan fingerprint density at radius 2 is 2.07 bits per heavy atom. The number of nitrogens with one attached hydrogen (secondary N) is 1. The highest BCUT2D eigenvalue weighted by Gasteiger charge is 2.27. The number of aromatic nitrogens is 3. The highest BCUT2D eigenvalue weighted by Crippen LogP contribution is 2.41. The molecule has 1 aliphatic rings. The maximum absolute atomic E-state index is 6.33. The summed E-state index contributed by atoms with van der Waals surface area (Å²) in [7, 11) is 1.65. The van der Waals surface area contributed by atoms with E-state index in [-0.39, 0.29) is 0 Å². The van der Waals surface area contributed by atoms with Crippen molar-refractivity contribution in [1.29, 1.82) is 0 Å². The predicted molar refractivity (Wildman–Crippen MR) is 119 cm³/mol. The Bertz CT molecular complexity index is 1020. The van der Waals surface area contributed by atoms with Crippen molar-refractivity contribution in [2.24, 2.45) is 0 Å². The highest BCUT2D eigenvalue weighted by atomic mass is 79.9. The quantitative estimate of drug-likeness (QED) is 0.364. The molecule has 0 saturated heterocycles. The summed E-state index contributed by atoms with van der Waals surface area (Å²) in [5.74, 6) is 2.18. The van der Waals surface area contributed by atoms with Crippen LogP contribution in [-0.4, -0.2) is 28.0 Å². The van der Waals surface area contributed by atoms with Gasteiger partial charge in [-0.25, -0.2) is 0 Å². The van der Waals surface area contributed by atoms with Crippen LogP contribution >= 0.6 is 27.7 Å². The van der Waals surface area contributed by atoms with Crippen molar-refractivity contribution >= 4 is 33.4 Å². The number of halogens is 1. The lowest BCUT2D eigenvalue weighted by molar-refractivity contribution is 0.224. The number of benzene rings is 2. The fraction of sp³-hybridized carbons (Fsp3) is 0.286. The lowest BCUT2D eigenvalue weighted by Crippen LogP contribution is -2.17. The second-order valence-electron chi connectivity index (χ2n) is 6.53. The monoisotopic (exact) mass is 472 g/mol. The number of methoxy groups -OCH3 is 1. The molecule has 0 spiro atoms. The number of unbranched alkanes of at least 4 members (excludes halogenated alkanes) is 1. The summed E-state index contributed by atoms with van der Waals surface area (Å²) in [6.45, 7) is 2.17. The summed E-state index contributed by atoms with van der Waals surface area (Å²) < 4.78 is 12.6. The van der Waals surface area contributed by atoms with Crippen LogP contribution in [0.4, 0.5) is 5.69 Å². The standard InChI is InChI=1S/C21H21BrN4O2S/c1-3-4-11-29-21-24-20-18(25-26-21)14-7-5-6-8-17(14)23-19(28-20)15-12-13(27-2)9-10-16(15)22/h5-10,12,19,23H,3-4,11H2,1-2H3/t19-/m0/s1. The molecular formula is C21H21BrN4O2S. The van der Waals surface area contributed by atoms with Gasteiger partial charge in [-0.2, -0.15) is 4.98 Å². The summed E-state index contributed by atoms with van der Waals surface area (Å²) in [6.07, 6.45) is 1.77. The maximum atomic E-state index is 6.33. The Kier molecular flexibility index (Phi) is 6.20. The Balaban J connectivity index is 1.76. The topological polar surface area (TPSA) is 69.2 Å². The molecule has 0 radical (unpaired) electrons. The van der Waals surface area contributed by atoms with Gasteiger partial charge in [-0.15, -0.1) is 10.2 Å². The molecule has 1 N–H and O–H groups in total. The van der Waals surface area contributed by atoms with Crippen LogP contribution in [0.3, 0.4) is 0 Å². The first-order valence-corrected chi connectivity index (χ1v) is 11.2. The van der Waals surface area contributed by atoms with E-state index >= 15 is 0 Å². The van der Waals surface area contributed by atoms with Crippen molar-refractivity contribution in [1.82, 2.24) is 15.2 Å². The Hall–Kier alpha value is -2.32. The first-order chi connectivity index (χ1) is 14.2. The van der Waals surface area contributed by atoms with Crippen LogP contribution in [0.5, 0.6) is 11.6 Å². The van der Waals surface area contributed by atoms with Crippen molar-refractivity contribution in [3.05, 3.63) is 52.5 Å². The lowest BCUT2D eigenvalue weighted by atomic mass is 10.1. The van der Waals surface area contributed by atoms with Crippen LogP contribution < -0.4 is 14.8 Å². The molecule has 0 saturated carbocycles. The smallest absolute Gasteiger partial charge is 0.247 e. The van der Waals surface area contributed by atoms with Crippen molar-refractivity contribution in [3.8, 4) is 22.9 Å². The predicted octanol–water partition coefficient (Wildman–Crippen LogP) is 5.71. The summed E-state index contributed by atoms with van der Waals surface area (Å²) in [6, 6.07) is 13.7. The number of nitrogens with zero attached hydrogens (tertiary/aromatic N) is 3. The van der Waals surface area contributed by atoms with E-state index in [4.69, 9.17) is 9.47 Å². The van der Waals surface area contributed by atoms with Crippen LogP contribution in [0.15, 0.2) is 52.1 Å². The van der Waals surface area contributed by atoms with Gasteiger partial charge in [0.1, 0.15) is 5.75 Å². The van der Waals surface area contributed by atoms with Gasteiger partial charge in [-0.1, -0.05) is 59.2 Å². The molecule has 150 valence electrons. The number of thioether (sulfide) groups is 1. The Labute approximate surface area is 182 Å². The molecule has 0 bridgehead atoms. The minimum Gasteiger partial charge on any atom is -0.497 e. The van der Waals surface area contributed by atoms with E-state index in [2.05, 4.69) is 43.4 Å². The summed E-state index contributed by atoms with van der Waals surface area (Å²) in [5, 5.41) is 12.9. The van der Waals surface area contributed by atoms with Gasteiger partial charge in [0.05, 0.1) is 7.11 Å². The summed E-state index contributed by atoms with van der Waals surface area (Å²) >= 11 is 5.23. The third kappa shape index (κ3) is 4.33. The molecule has 0 unspecified atom stereocenters. The SMILES string of the molecule is CCCCSc1nnc2c(n1)O[C@@H](c1cc(OC)ccc1Br)Nc1ccccc1-2. The fourth-order valence-electron chi connectivity index (χ4n) is 3.01. The minimum absolute atomic E-state index is 0.466. The lowest BCUT2D eigenvalue weighted by Gasteiger charge is -2.21. The second kappa shape index (κ2) is 9.00. The van der Waals surface area contributed by atoms with Crippen LogP contribution in [0.2, 0.25) is 0 Å². The fourth-order valence-corrected chi connectivity index (χ4v) is 4.32. The van der Waals surface area contributed by atoms with Crippen molar-refractivity contribution in [3.63, 3.8) is 0 Å². The highest BCUT2D eigenvalue weighted by molar-refractivity contribution is 9.10. The van der Waals surface area contributed by atoms with Gasteiger partial charge in [0.15, 0.2) is 11.9 Å². The van der Waals surface area contributed by atoms with E-state index in [9.17, 15) is 0 Å². The van der Waals surface area contributed by atoms with Gasteiger partial charge in [-0.3, -0.25) is 0 Å². The van der Waals surface area contributed by atoms with E-state index in [1.165, 1.54) is 0 Å². The molecule has 0 aliphatic carbocycles. The molecule has 1 aromatic heterocycles. The van der Waals surface area contributed by atoms with Crippen molar-refractivity contribution < 1.29 is 9.47 Å². The normalized spacial score (nSPS) is 14.8. The van der Waals surface area contributed by atoms with Gasteiger partial charge in [0.2, 0.25) is 11.0 Å². The largest absolute Gasteiger partial charge is 0.497 e. The zero-order chi connectivity index (χ0) is 20.2. The van der Waals surface area contributed by atoms with E-state index < -0.39 is 6.23 Å². The average Bonchev–Trinajstić information content (AvgIpc) is 2.90. The number of para-hydroxylation sites is 1.